The molecule has 4 aromatic carbocycles. The third-order valence-corrected chi connectivity index (χ3v) is 5.50. The van der Waals surface area contributed by atoms with Crippen molar-refractivity contribution >= 4 is 12.2 Å². The van der Waals surface area contributed by atoms with Gasteiger partial charge < -0.3 is 9.47 Å². The Labute approximate surface area is 196 Å². The van der Waals surface area contributed by atoms with Crippen molar-refractivity contribution in [1.82, 2.24) is 0 Å². The lowest BCUT2D eigenvalue weighted by Gasteiger charge is -2.09. The van der Waals surface area contributed by atoms with Crippen LogP contribution in [0.15, 0.2) is 110 Å². The van der Waals surface area contributed by atoms with Gasteiger partial charge in [0, 0.05) is 0 Å². The molecule has 0 saturated carbocycles. The summed E-state index contributed by atoms with van der Waals surface area (Å²) < 4.78 is 11.8. The number of ether oxygens (including phenoxy) is 2. The van der Waals surface area contributed by atoms with Crippen molar-refractivity contribution in [2.24, 2.45) is 0 Å². The highest BCUT2D eigenvalue weighted by Gasteiger charge is 2.01. The zero-order valence-electron chi connectivity index (χ0n) is 18.7. The normalized spacial score (nSPS) is 10.4. The van der Waals surface area contributed by atoms with Gasteiger partial charge in [0.25, 0.3) is 0 Å². The maximum Gasteiger partial charge on any atom is 0.119 e. The summed E-state index contributed by atoms with van der Waals surface area (Å²) in [6.07, 6.45) is 4.55. The van der Waals surface area contributed by atoms with Gasteiger partial charge in [0.15, 0.2) is 0 Å². The molecule has 0 unspecified atom stereocenters. The molecule has 2 nitrogen and oxygen atoms in total. The highest BCUT2D eigenvalue weighted by atomic mass is 16.5. The van der Waals surface area contributed by atoms with E-state index < -0.39 is 0 Å². The van der Waals surface area contributed by atoms with Crippen LogP contribution >= 0.6 is 0 Å². The van der Waals surface area contributed by atoms with Crippen LogP contribution < -0.4 is 9.47 Å². The summed E-state index contributed by atoms with van der Waals surface area (Å²) in [4.78, 5) is 0. The fraction of sp³-hybridized carbons (Fsp3) is 0.0968. The summed E-state index contributed by atoms with van der Waals surface area (Å²) in [5, 5.41) is 0. The monoisotopic (exact) mass is 432 g/mol. The van der Waals surface area contributed by atoms with E-state index in [1.54, 1.807) is 0 Å². The van der Waals surface area contributed by atoms with Gasteiger partial charge in [-0.05, 0) is 64.1 Å². The molecule has 0 radical (unpaired) electrons. The molecule has 0 bridgehead atoms. The van der Waals surface area contributed by atoms with E-state index in [1.165, 1.54) is 11.1 Å². The fourth-order valence-electron chi connectivity index (χ4n) is 3.48. The van der Waals surface area contributed by atoms with Crippen molar-refractivity contribution in [3.8, 4) is 11.5 Å². The zero-order chi connectivity index (χ0) is 22.9. The fourth-order valence-corrected chi connectivity index (χ4v) is 3.48. The number of benzene rings is 4. The second-order valence-corrected chi connectivity index (χ2v) is 7.93. The summed E-state index contributed by atoms with van der Waals surface area (Å²) in [5.74, 6) is 1.74. The standard InChI is InChI=1S/C31H28O2/c1-3-24-5-9-28(10-6-24)22-32-30-17-13-26(14-18-30)21-27-15-19-31(20-16-27)33-23-29-11-7-25(4-2)8-12-29/h3-20H,1-2,21-23H2. The first-order chi connectivity index (χ1) is 16.2. The smallest absolute Gasteiger partial charge is 0.119 e. The Morgan fingerprint density at radius 1 is 0.455 bits per heavy atom. The van der Waals surface area contributed by atoms with Gasteiger partial charge in [0.1, 0.15) is 24.7 Å². The minimum atomic E-state index is 0.552. The highest BCUT2D eigenvalue weighted by Crippen LogP contribution is 2.20. The van der Waals surface area contributed by atoms with Gasteiger partial charge in [-0.2, -0.15) is 0 Å². The molecule has 0 aromatic heterocycles. The molecule has 0 amide bonds. The lowest BCUT2D eigenvalue weighted by Crippen LogP contribution is -1.96. The minimum Gasteiger partial charge on any atom is -0.489 e. The molecular weight excluding hydrogens is 404 g/mol. The van der Waals surface area contributed by atoms with Crippen molar-refractivity contribution in [3.63, 3.8) is 0 Å². The van der Waals surface area contributed by atoms with Crippen LogP contribution in [0.4, 0.5) is 0 Å². The van der Waals surface area contributed by atoms with Gasteiger partial charge >= 0.3 is 0 Å². The zero-order valence-corrected chi connectivity index (χ0v) is 18.7. The first kappa shape index (κ1) is 22.2. The SMILES string of the molecule is C=Cc1ccc(COc2ccc(Cc3ccc(OCc4ccc(C=C)cc4)cc3)cc2)cc1. The van der Waals surface area contributed by atoms with Crippen molar-refractivity contribution in [2.75, 3.05) is 0 Å². The minimum absolute atomic E-state index is 0.552. The molecule has 4 aromatic rings. The first-order valence-corrected chi connectivity index (χ1v) is 11.1. The Bertz CT molecular complexity index is 1070. The molecule has 0 heterocycles. The predicted octanol–water partition coefficient (Wildman–Crippen LogP) is 7.72. The van der Waals surface area contributed by atoms with E-state index in [4.69, 9.17) is 9.47 Å². The second kappa shape index (κ2) is 11.0. The Balaban J connectivity index is 1.26. The van der Waals surface area contributed by atoms with Crippen LogP contribution in [-0.2, 0) is 19.6 Å². The number of hydrogen-bond acceptors (Lipinski definition) is 2. The molecule has 4 rings (SSSR count). The van der Waals surface area contributed by atoms with Gasteiger partial charge in [-0.1, -0.05) is 98.1 Å². The largest absolute Gasteiger partial charge is 0.489 e. The number of rotatable bonds is 10. The third-order valence-electron chi connectivity index (χ3n) is 5.50. The third kappa shape index (κ3) is 6.47. The first-order valence-electron chi connectivity index (χ1n) is 11.1. The second-order valence-electron chi connectivity index (χ2n) is 7.93. The molecule has 0 aliphatic carbocycles. The van der Waals surface area contributed by atoms with Crippen molar-refractivity contribution in [2.45, 2.75) is 19.6 Å². The molecule has 0 aliphatic heterocycles. The average molecular weight is 433 g/mol. The Morgan fingerprint density at radius 3 is 1.12 bits per heavy atom. The van der Waals surface area contributed by atoms with Gasteiger partial charge in [-0.15, -0.1) is 0 Å². The van der Waals surface area contributed by atoms with Crippen LogP contribution in [0.2, 0.25) is 0 Å². The quantitative estimate of drug-likeness (QED) is 0.255. The molecule has 164 valence electrons. The van der Waals surface area contributed by atoms with Crippen LogP contribution in [0.25, 0.3) is 12.2 Å². The molecule has 0 saturated heterocycles. The van der Waals surface area contributed by atoms with Gasteiger partial charge in [-0.3, -0.25) is 0 Å². The topological polar surface area (TPSA) is 18.5 Å². The van der Waals surface area contributed by atoms with Crippen LogP contribution in [0.1, 0.15) is 33.4 Å². The van der Waals surface area contributed by atoms with Gasteiger partial charge in [0.05, 0.1) is 0 Å². The van der Waals surface area contributed by atoms with E-state index in [0.29, 0.717) is 13.2 Å². The Morgan fingerprint density at radius 2 is 0.788 bits per heavy atom. The van der Waals surface area contributed by atoms with Crippen LogP contribution in [0.5, 0.6) is 11.5 Å². The van der Waals surface area contributed by atoms with E-state index in [2.05, 4.69) is 61.7 Å². The highest BCUT2D eigenvalue weighted by molar-refractivity contribution is 5.48. The van der Waals surface area contributed by atoms with Crippen molar-refractivity contribution in [3.05, 3.63) is 144 Å². The van der Waals surface area contributed by atoms with Crippen LogP contribution in [-0.4, -0.2) is 0 Å². The summed E-state index contributed by atoms with van der Waals surface area (Å²) in [6, 6.07) is 33.1. The predicted molar refractivity (Wildman–Crippen MR) is 137 cm³/mol. The Hall–Kier alpha value is -4.04. The summed E-state index contributed by atoms with van der Waals surface area (Å²) in [5.41, 5.74) is 6.99. The maximum atomic E-state index is 5.92. The van der Waals surface area contributed by atoms with E-state index in [-0.39, 0.29) is 0 Å². The van der Waals surface area contributed by atoms with Gasteiger partial charge in [-0.25, -0.2) is 0 Å². The maximum absolute atomic E-state index is 5.92. The summed E-state index contributed by atoms with van der Waals surface area (Å²) in [6.45, 7) is 8.67. The van der Waals surface area contributed by atoms with Crippen LogP contribution in [0, 0.1) is 0 Å². The molecule has 2 heteroatoms. The molecule has 0 atom stereocenters. The van der Waals surface area contributed by atoms with Crippen molar-refractivity contribution in [1.29, 1.82) is 0 Å². The Kier molecular flexibility index (Phi) is 7.40. The average Bonchev–Trinajstić information content (AvgIpc) is 2.88. The molecule has 0 N–H and O–H groups in total. The molecule has 0 fully saturated rings. The lowest BCUT2D eigenvalue weighted by molar-refractivity contribution is 0.306. The molecule has 33 heavy (non-hydrogen) atoms. The van der Waals surface area contributed by atoms with Crippen LogP contribution in [0.3, 0.4) is 0 Å². The summed E-state index contributed by atoms with van der Waals surface area (Å²) in [7, 11) is 0. The van der Waals surface area contributed by atoms with E-state index in [1.807, 2.05) is 60.7 Å². The molecular formula is C31H28O2. The summed E-state index contributed by atoms with van der Waals surface area (Å²) >= 11 is 0. The van der Waals surface area contributed by atoms with Crippen molar-refractivity contribution < 1.29 is 9.47 Å². The van der Waals surface area contributed by atoms with Gasteiger partial charge in [0.2, 0.25) is 0 Å². The molecule has 0 aliphatic rings. The number of hydrogen-bond donors (Lipinski definition) is 0. The molecule has 0 spiro atoms. The van der Waals surface area contributed by atoms with E-state index in [0.717, 1.165) is 40.2 Å². The van der Waals surface area contributed by atoms with E-state index in [9.17, 15) is 0 Å². The van der Waals surface area contributed by atoms with E-state index >= 15 is 0 Å². The lowest BCUT2D eigenvalue weighted by atomic mass is 10.0.